The highest BCUT2D eigenvalue weighted by atomic mass is 28.3. The van der Waals surface area contributed by atoms with Gasteiger partial charge >= 0.3 is 0 Å². The van der Waals surface area contributed by atoms with Crippen molar-refractivity contribution in [1.29, 1.82) is 0 Å². The number of imidazole rings is 1. The highest BCUT2D eigenvalue weighted by Crippen LogP contribution is 2.24. The van der Waals surface area contributed by atoms with Gasteiger partial charge in [0.25, 0.3) is 0 Å². The van der Waals surface area contributed by atoms with Gasteiger partial charge in [-0.05, 0) is 18.2 Å². The van der Waals surface area contributed by atoms with E-state index >= 15 is 0 Å². The first-order chi connectivity index (χ1) is 12.5. The van der Waals surface area contributed by atoms with Gasteiger partial charge in [0, 0.05) is 62.2 Å². The van der Waals surface area contributed by atoms with Gasteiger partial charge in [0.1, 0.15) is 12.4 Å². The Morgan fingerprint density at radius 1 is 1.08 bits per heavy atom. The lowest BCUT2D eigenvalue weighted by molar-refractivity contribution is 0.0786. The maximum Gasteiger partial charge on any atom is 0.146 e. The Morgan fingerprint density at radius 2 is 1.96 bits per heavy atom. The van der Waals surface area contributed by atoms with Gasteiger partial charge in [-0.1, -0.05) is 19.6 Å². The van der Waals surface area contributed by atoms with E-state index in [1.165, 1.54) is 0 Å². The lowest BCUT2D eigenvalue weighted by atomic mass is 10.1. The number of aromatic nitrogens is 5. The standard InChI is InChI=1S/C19H23N5OSi/c1-26(2,3)9-8-25-14-24-13-16(12-22-24)15-10-17-18(21-11-15)4-6-23-7-5-20-19(17)23/h4-7,10-13H,8-9,14H2,1-3H3. The molecule has 0 aliphatic carbocycles. The van der Waals surface area contributed by atoms with Gasteiger partial charge in [0.15, 0.2) is 0 Å². The zero-order chi connectivity index (χ0) is 18.1. The average molecular weight is 366 g/mol. The van der Waals surface area contributed by atoms with Gasteiger partial charge in [0.05, 0.1) is 11.7 Å². The zero-order valence-electron chi connectivity index (χ0n) is 15.4. The number of pyridine rings is 2. The summed E-state index contributed by atoms with van der Waals surface area (Å²) in [6, 6.07) is 5.29. The molecule has 0 atom stereocenters. The highest BCUT2D eigenvalue weighted by Gasteiger charge is 2.12. The van der Waals surface area contributed by atoms with Crippen molar-refractivity contribution in [2.24, 2.45) is 0 Å². The van der Waals surface area contributed by atoms with E-state index in [-0.39, 0.29) is 0 Å². The van der Waals surface area contributed by atoms with E-state index in [2.05, 4.69) is 40.8 Å². The van der Waals surface area contributed by atoms with Crippen molar-refractivity contribution in [2.45, 2.75) is 32.4 Å². The van der Waals surface area contributed by atoms with Crippen molar-refractivity contribution in [1.82, 2.24) is 24.1 Å². The summed E-state index contributed by atoms with van der Waals surface area (Å²) < 4.78 is 9.61. The van der Waals surface area contributed by atoms with Crippen LogP contribution in [0, 0.1) is 0 Å². The molecule has 0 fully saturated rings. The Kier molecular flexibility index (Phi) is 4.34. The molecule has 0 saturated carbocycles. The predicted octanol–water partition coefficient (Wildman–Crippen LogP) is 4.06. The molecule has 4 aromatic heterocycles. The van der Waals surface area contributed by atoms with E-state index in [1.807, 2.05) is 46.1 Å². The Bertz CT molecular complexity index is 1050. The highest BCUT2D eigenvalue weighted by molar-refractivity contribution is 6.76. The average Bonchev–Trinajstić information content (AvgIpc) is 3.26. The molecule has 4 rings (SSSR count). The summed E-state index contributed by atoms with van der Waals surface area (Å²) in [7, 11) is -1.06. The molecular weight excluding hydrogens is 342 g/mol. The van der Waals surface area contributed by atoms with Crippen molar-refractivity contribution in [3.63, 3.8) is 0 Å². The summed E-state index contributed by atoms with van der Waals surface area (Å²) in [6.07, 6.45) is 11.5. The van der Waals surface area contributed by atoms with Crippen LogP contribution in [-0.4, -0.2) is 38.8 Å². The largest absolute Gasteiger partial charge is 0.360 e. The molecule has 0 amide bonds. The van der Waals surface area contributed by atoms with Gasteiger partial charge in [-0.15, -0.1) is 0 Å². The van der Waals surface area contributed by atoms with Crippen LogP contribution >= 0.6 is 0 Å². The van der Waals surface area contributed by atoms with E-state index in [0.29, 0.717) is 6.73 Å². The van der Waals surface area contributed by atoms with E-state index in [9.17, 15) is 0 Å². The Morgan fingerprint density at radius 3 is 2.81 bits per heavy atom. The number of ether oxygens (including phenoxy) is 1. The molecule has 0 spiro atoms. The topological polar surface area (TPSA) is 57.2 Å². The third-order valence-electron chi connectivity index (χ3n) is 4.41. The van der Waals surface area contributed by atoms with Crippen molar-refractivity contribution in [3.05, 3.63) is 49.3 Å². The molecule has 6 nitrogen and oxygen atoms in total. The summed E-state index contributed by atoms with van der Waals surface area (Å²) in [6.45, 7) is 8.33. The van der Waals surface area contributed by atoms with Crippen molar-refractivity contribution in [3.8, 4) is 11.1 Å². The van der Waals surface area contributed by atoms with Crippen molar-refractivity contribution in [2.75, 3.05) is 6.61 Å². The normalized spacial score (nSPS) is 12.3. The first-order valence-electron chi connectivity index (χ1n) is 8.82. The molecule has 4 aromatic rings. The van der Waals surface area contributed by atoms with Crippen molar-refractivity contribution >= 4 is 24.6 Å². The SMILES string of the molecule is C[Si](C)(C)CCOCn1cc(-c2cnc3ccn4ccnc4c3c2)cn1. The molecule has 0 aliphatic heterocycles. The molecule has 0 saturated heterocycles. The lowest BCUT2D eigenvalue weighted by Crippen LogP contribution is -2.22. The van der Waals surface area contributed by atoms with E-state index in [1.54, 1.807) is 6.20 Å². The first kappa shape index (κ1) is 16.9. The number of rotatable bonds is 6. The Labute approximate surface area is 153 Å². The summed E-state index contributed by atoms with van der Waals surface area (Å²) in [5.74, 6) is 0. The van der Waals surface area contributed by atoms with Crippen LogP contribution in [0.3, 0.4) is 0 Å². The zero-order valence-corrected chi connectivity index (χ0v) is 16.4. The second-order valence-electron chi connectivity index (χ2n) is 7.75. The Hall–Kier alpha value is -2.51. The maximum absolute atomic E-state index is 5.77. The fourth-order valence-corrected chi connectivity index (χ4v) is 3.61. The third kappa shape index (κ3) is 3.54. The minimum atomic E-state index is -1.06. The van der Waals surface area contributed by atoms with Gasteiger partial charge < -0.3 is 9.14 Å². The molecule has 0 aliphatic rings. The molecule has 7 heteroatoms. The van der Waals surface area contributed by atoms with Crippen molar-refractivity contribution < 1.29 is 4.74 Å². The first-order valence-corrected chi connectivity index (χ1v) is 12.5. The molecule has 4 heterocycles. The molecular formula is C19H23N5OSi. The number of nitrogens with zero attached hydrogens (tertiary/aromatic N) is 5. The summed E-state index contributed by atoms with van der Waals surface area (Å²) in [5, 5.41) is 5.45. The van der Waals surface area contributed by atoms with E-state index in [0.717, 1.165) is 40.3 Å². The lowest BCUT2D eigenvalue weighted by Gasteiger charge is -2.15. The fraction of sp³-hybridized carbons (Fsp3) is 0.316. The molecule has 0 bridgehead atoms. The number of hydrogen-bond donors (Lipinski definition) is 0. The van der Waals surface area contributed by atoms with Crippen LogP contribution < -0.4 is 0 Å². The molecule has 0 aromatic carbocycles. The third-order valence-corrected chi connectivity index (χ3v) is 6.11. The van der Waals surface area contributed by atoms with Crippen LogP contribution in [0.1, 0.15) is 0 Å². The summed E-state index contributed by atoms with van der Waals surface area (Å²) >= 11 is 0. The van der Waals surface area contributed by atoms with E-state index < -0.39 is 8.07 Å². The fourth-order valence-electron chi connectivity index (χ4n) is 2.86. The predicted molar refractivity (Wildman–Crippen MR) is 106 cm³/mol. The molecule has 134 valence electrons. The molecule has 26 heavy (non-hydrogen) atoms. The van der Waals surface area contributed by atoms with Crippen LogP contribution in [-0.2, 0) is 11.5 Å². The van der Waals surface area contributed by atoms with Crippen LogP contribution in [0.2, 0.25) is 25.7 Å². The molecule has 0 N–H and O–H groups in total. The monoisotopic (exact) mass is 365 g/mol. The van der Waals surface area contributed by atoms with E-state index in [4.69, 9.17) is 4.74 Å². The minimum absolute atomic E-state index is 0.482. The van der Waals surface area contributed by atoms with Gasteiger partial charge in [-0.2, -0.15) is 5.10 Å². The second-order valence-corrected chi connectivity index (χ2v) is 13.4. The number of hydrogen-bond acceptors (Lipinski definition) is 4. The van der Waals surface area contributed by atoms with Gasteiger partial charge in [0.2, 0.25) is 0 Å². The summed E-state index contributed by atoms with van der Waals surface area (Å²) in [5.41, 5.74) is 3.91. The van der Waals surface area contributed by atoms with Gasteiger partial charge in [-0.3, -0.25) is 4.98 Å². The van der Waals surface area contributed by atoms with Crippen LogP contribution in [0.5, 0.6) is 0 Å². The van der Waals surface area contributed by atoms with Gasteiger partial charge in [-0.25, -0.2) is 9.67 Å². The quantitative estimate of drug-likeness (QED) is 0.382. The van der Waals surface area contributed by atoms with Crippen LogP contribution in [0.25, 0.3) is 27.7 Å². The Balaban J connectivity index is 1.53. The minimum Gasteiger partial charge on any atom is -0.360 e. The molecule has 0 radical (unpaired) electrons. The smallest absolute Gasteiger partial charge is 0.146 e. The van der Waals surface area contributed by atoms with Crippen LogP contribution in [0.4, 0.5) is 0 Å². The molecule has 0 unspecified atom stereocenters. The maximum atomic E-state index is 5.77. The number of fused-ring (bicyclic) bond motifs is 3. The summed E-state index contributed by atoms with van der Waals surface area (Å²) in [4.78, 5) is 9.02. The second kappa shape index (κ2) is 6.66. The van der Waals surface area contributed by atoms with Crippen LogP contribution in [0.15, 0.2) is 49.3 Å².